The maximum absolute atomic E-state index is 10.6. The number of hydrogen-bond donors (Lipinski definition) is 2. The van der Waals surface area contributed by atoms with E-state index >= 15 is 0 Å². The van der Waals surface area contributed by atoms with Gasteiger partial charge in [-0.25, -0.2) is 0 Å². The summed E-state index contributed by atoms with van der Waals surface area (Å²) in [6.45, 7) is 1.29. The van der Waals surface area contributed by atoms with Crippen molar-refractivity contribution in [2.24, 2.45) is 0 Å². The lowest BCUT2D eigenvalue weighted by Crippen LogP contribution is -2.35. The van der Waals surface area contributed by atoms with Crippen molar-refractivity contribution in [3.63, 3.8) is 0 Å². The van der Waals surface area contributed by atoms with Gasteiger partial charge in [0.05, 0.1) is 12.6 Å². The van der Waals surface area contributed by atoms with Gasteiger partial charge in [-0.05, 0) is 94.4 Å². The zero-order chi connectivity index (χ0) is 17.4. The van der Waals surface area contributed by atoms with Crippen LogP contribution in [0, 0.1) is 7.14 Å². The van der Waals surface area contributed by atoms with Gasteiger partial charge in [0.15, 0.2) is 0 Å². The molecule has 25 heavy (non-hydrogen) atoms. The third-order valence-electron chi connectivity index (χ3n) is 5.18. The minimum Gasteiger partial charge on any atom is -0.390 e. The summed E-state index contributed by atoms with van der Waals surface area (Å²) in [4.78, 5) is 0. The number of benzene rings is 2. The van der Waals surface area contributed by atoms with E-state index in [0.717, 1.165) is 0 Å². The van der Waals surface area contributed by atoms with E-state index in [4.69, 9.17) is 0 Å². The second kappa shape index (κ2) is 7.70. The zero-order valence-electron chi connectivity index (χ0n) is 14.0. The van der Waals surface area contributed by atoms with E-state index in [2.05, 4.69) is 91.5 Å². The molecular weight excluding hydrogens is 538 g/mol. The second-order valence-corrected chi connectivity index (χ2v) is 9.47. The molecule has 5 heteroatoms. The molecule has 1 aliphatic carbocycles. The van der Waals surface area contributed by atoms with Crippen LogP contribution in [-0.4, -0.2) is 28.4 Å². The van der Waals surface area contributed by atoms with Crippen LogP contribution in [0.4, 0.5) is 0 Å². The first kappa shape index (κ1) is 18.0. The molecule has 4 rings (SSSR count). The predicted octanol–water partition coefficient (Wildman–Crippen LogP) is 4.90. The Balaban J connectivity index is 1.65. The Kier molecular flexibility index (Phi) is 5.54. The molecule has 1 heterocycles. The summed E-state index contributed by atoms with van der Waals surface area (Å²) in [5, 5.41) is 16.7. The monoisotopic (exact) mass is 560 g/mol. The molecule has 2 aromatic carbocycles. The highest BCUT2D eigenvalue weighted by atomic mass is 127. The first-order valence-corrected chi connectivity index (χ1v) is 11.1. The quantitative estimate of drug-likeness (QED) is 0.437. The lowest BCUT2D eigenvalue weighted by atomic mass is 10.2. The van der Waals surface area contributed by atoms with Crippen molar-refractivity contribution >= 4 is 67.0 Å². The van der Waals surface area contributed by atoms with Crippen LogP contribution in [-0.2, 0) is 6.54 Å². The number of fused-ring (bicyclic) bond motifs is 3. The lowest BCUT2D eigenvalue weighted by Gasteiger charge is -2.18. The molecule has 132 valence electrons. The SMILES string of the molecule is O[C@@H](CNC1CCCC1)Cn1c2ccc(I)cc2c2cc(I)ccc21. The molecule has 2 N–H and O–H groups in total. The minimum absolute atomic E-state index is 0.377. The Labute approximate surface area is 175 Å². The summed E-state index contributed by atoms with van der Waals surface area (Å²) >= 11 is 4.74. The fourth-order valence-corrected chi connectivity index (χ4v) is 4.94. The first-order valence-electron chi connectivity index (χ1n) is 8.90. The van der Waals surface area contributed by atoms with E-state index in [0.29, 0.717) is 19.1 Å². The smallest absolute Gasteiger partial charge is 0.0843 e. The molecule has 1 aliphatic rings. The van der Waals surface area contributed by atoms with E-state index in [1.807, 2.05) is 0 Å². The Bertz CT molecular complexity index is 840. The summed E-state index contributed by atoms with van der Waals surface area (Å²) in [5.74, 6) is 0. The molecule has 3 aromatic rings. The Morgan fingerprint density at radius 2 is 1.56 bits per heavy atom. The maximum atomic E-state index is 10.6. The number of aliphatic hydroxyl groups is 1. The fourth-order valence-electron chi connectivity index (χ4n) is 3.95. The van der Waals surface area contributed by atoms with Crippen LogP contribution in [0.15, 0.2) is 36.4 Å². The van der Waals surface area contributed by atoms with E-state index < -0.39 is 0 Å². The van der Waals surface area contributed by atoms with Gasteiger partial charge in [-0.15, -0.1) is 0 Å². The highest BCUT2D eigenvalue weighted by molar-refractivity contribution is 14.1. The molecule has 0 aliphatic heterocycles. The molecule has 1 fully saturated rings. The number of halogens is 2. The topological polar surface area (TPSA) is 37.2 Å². The van der Waals surface area contributed by atoms with E-state index in [1.54, 1.807) is 0 Å². The Hall–Kier alpha value is -0.380. The molecular formula is C20H22I2N2O. The van der Waals surface area contributed by atoms with Gasteiger partial charge in [-0.2, -0.15) is 0 Å². The standard InChI is InChI=1S/C20H22I2N2O/c21-13-5-7-19-17(9-13)18-10-14(22)6-8-20(18)24(19)12-16(25)11-23-15-3-1-2-4-15/h5-10,15-16,23,25H,1-4,11-12H2/t16-/m0/s1. The number of aromatic nitrogens is 1. The zero-order valence-corrected chi connectivity index (χ0v) is 18.3. The average molecular weight is 560 g/mol. The van der Waals surface area contributed by atoms with Crippen molar-refractivity contribution in [1.82, 2.24) is 9.88 Å². The summed E-state index contributed by atoms with van der Waals surface area (Å²) in [7, 11) is 0. The van der Waals surface area contributed by atoms with Gasteiger partial charge in [0, 0.05) is 41.5 Å². The van der Waals surface area contributed by atoms with Crippen molar-refractivity contribution in [3.8, 4) is 0 Å². The molecule has 1 saturated carbocycles. The van der Waals surface area contributed by atoms with Crippen LogP contribution in [0.25, 0.3) is 21.8 Å². The first-order chi connectivity index (χ1) is 12.1. The minimum atomic E-state index is -0.377. The Morgan fingerprint density at radius 3 is 2.12 bits per heavy atom. The maximum Gasteiger partial charge on any atom is 0.0843 e. The molecule has 0 amide bonds. The fraction of sp³-hybridized carbons (Fsp3) is 0.400. The van der Waals surface area contributed by atoms with Crippen molar-refractivity contribution in [1.29, 1.82) is 0 Å². The largest absolute Gasteiger partial charge is 0.390 e. The van der Waals surface area contributed by atoms with Crippen molar-refractivity contribution in [2.45, 2.75) is 44.4 Å². The van der Waals surface area contributed by atoms with Gasteiger partial charge in [-0.3, -0.25) is 0 Å². The molecule has 0 radical (unpaired) electrons. The lowest BCUT2D eigenvalue weighted by molar-refractivity contribution is 0.150. The van der Waals surface area contributed by atoms with Crippen LogP contribution in [0.5, 0.6) is 0 Å². The number of nitrogens with zero attached hydrogens (tertiary/aromatic N) is 1. The summed E-state index contributed by atoms with van der Waals surface area (Å²) in [6, 6.07) is 13.7. The molecule has 0 unspecified atom stereocenters. The van der Waals surface area contributed by atoms with Crippen LogP contribution in [0.1, 0.15) is 25.7 Å². The number of nitrogens with one attached hydrogen (secondary N) is 1. The third kappa shape index (κ3) is 3.84. The van der Waals surface area contributed by atoms with Gasteiger partial charge in [0.2, 0.25) is 0 Å². The van der Waals surface area contributed by atoms with Crippen LogP contribution in [0.3, 0.4) is 0 Å². The number of aliphatic hydroxyl groups excluding tert-OH is 1. The molecule has 3 nitrogen and oxygen atoms in total. The van der Waals surface area contributed by atoms with Crippen molar-refractivity contribution < 1.29 is 5.11 Å². The third-order valence-corrected chi connectivity index (χ3v) is 6.52. The predicted molar refractivity (Wildman–Crippen MR) is 121 cm³/mol. The summed E-state index contributed by atoms with van der Waals surface area (Å²) in [6.07, 6.45) is 4.76. The van der Waals surface area contributed by atoms with Crippen LogP contribution in [0.2, 0.25) is 0 Å². The van der Waals surface area contributed by atoms with E-state index in [9.17, 15) is 5.11 Å². The van der Waals surface area contributed by atoms with E-state index in [-0.39, 0.29) is 6.10 Å². The van der Waals surface area contributed by atoms with Gasteiger partial charge in [0.25, 0.3) is 0 Å². The molecule has 0 bridgehead atoms. The normalized spacial score (nSPS) is 16.9. The van der Waals surface area contributed by atoms with Crippen LogP contribution < -0.4 is 5.32 Å². The molecule has 0 saturated heterocycles. The van der Waals surface area contributed by atoms with Crippen molar-refractivity contribution in [2.75, 3.05) is 6.54 Å². The van der Waals surface area contributed by atoms with Gasteiger partial charge in [-0.1, -0.05) is 12.8 Å². The average Bonchev–Trinajstić information content (AvgIpc) is 3.20. The van der Waals surface area contributed by atoms with Gasteiger partial charge < -0.3 is 15.0 Å². The molecule has 1 atom stereocenters. The number of hydrogen-bond acceptors (Lipinski definition) is 2. The van der Waals surface area contributed by atoms with Crippen molar-refractivity contribution in [3.05, 3.63) is 43.5 Å². The van der Waals surface area contributed by atoms with Gasteiger partial charge in [0.1, 0.15) is 0 Å². The number of rotatable bonds is 5. The highest BCUT2D eigenvalue weighted by Crippen LogP contribution is 2.31. The Morgan fingerprint density at radius 1 is 1.00 bits per heavy atom. The summed E-state index contributed by atoms with van der Waals surface area (Å²) in [5.41, 5.74) is 2.41. The highest BCUT2D eigenvalue weighted by Gasteiger charge is 2.18. The molecule has 0 spiro atoms. The van der Waals surface area contributed by atoms with E-state index in [1.165, 1.54) is 54.6 Å². The van der Waals surface area contributed by atoms with Crippen LogP contribution >= 0.6 is 45.2 Å². The summed E-state index contributed by atoms with van der Waals surface area (Å²) < 4.78 is 4.76. The van der Waals surface area contributed by atoms with Gasteiger partial charge >= 0.3 is 0 Å². The second-order valence-electron chi connectivity index (χ2n) is 6.98. The molecule has 1 aromatic heterocycles.